The summed E-state index contributed by atoms with van der Waals surface area (Å²) in [4.78, 5) is 6.93. The van der Waals surface area contributed by atoms with Gasteiger partial charge in [0.15, 0.2) is 0 Å². The second kappa shape index (κ2) is 6.74. The van der Waals surface area contributed by atoms with Crippen LogP contribution < -0.4 is 10.2 Å². The van der Waals surface area contributed by atoms with E-state index in [4.69, 9.17) is 0 Å². The molecule has 3 heteroatoms. The Morgan fingerprint density at radius 1 is 1.44 bits per heavy atom. The Labute approximate surface area is 111 Å². The first-order valence-electron chi connectivity index (χ1n) is 7.24. The Hall–Kier alpha value is -1.09. The van der Waals surface area contributed by atoms with E-state index in [2.05, 4.69) is 41.2 Å². The Morgan fingerprint density at radius 3 is 3.06 bits per heavy atom. The molecule has 1 aromatic rings. The smallest absolute Gasteiger partial charge is 0.0562 e. The molecule has 0 radical (unpaired) electrons. The van der Waals surface area contributed by atoms with Crippen LogP contribution in [0.4, 0.5) is 5.69 Å². The summed E-state index contributed by atoms with van der Waals surface area (Å²) in [6, 6.07) is 4.38. The minimum absolute atomic E-state index is 0.875. The van der Waals surface area contributed by atoms with Gasteiger partial charge >= 0.3 is 0 Å². The molecule has 1 fully saturated rings. The van der Waals surface area contributed by atoms with Crippen molar-refractivity contribution in [2.75, 3.05) is 24.5 Å². The first-order valence-corrected chi connectivity index (χ1v) is 7.24. The third-order valence-electron chi connectivity index (χ3n) is 3.76. The van der Waals surface area contributed by atoms with Crippen molar-refractivity contribution in [3.8, 4) is 0 Å². The zero-order chi connectivity index (χ0) is 12.8. The average molecular weight is 247 g/mol. The maximum atomic E-state index is 4.43. The van der Waals surface area contributed by atoms with E-state index in [1.165, 1.54) is 38.0 Å². The molecule has 2 rings (SSSR count). The SMILES string of the molecule is CCCNCc1cc(N2CCC(CC)C2)ccn1. The number of aromatic nitrogens is 1. The maximum absolute atomic E-state index is 4.43. The molecule has 0 amide bonds. The topological polar surface area (TPSA) is 28.2 Å². The normalized spacial score (nSPS) is 19.4. The van der Waals surface area contributed by atoms with Gasteiger partial charge in [0.05, 0.1) is 5.69 Å². The van der Waals surface area contributed by atoms with Crippen molar-refractivity contribution >= 4 is 5.69 Å². The number of anilines is 1. The van der Waals surface area contributed by atoms with Crippen LogP contribution in [-0.4, -0.2) is 24.6 Å². The molecule has 18 heavy (non-hydrogen) atoms. The van der Waals surface area contributed by atoms with Gasteiger partial charge in [0, 0.05) is 31.5 Å². The highest BCUT2D eigenvalue weighted by Crippen LogP contribution is 2.25. The molecule has 0 saturated carbocycles. The van der Waals surface area contributed by atoms with Gasteiger partial charge in [0.1, 0.15) is 0 Å². The zero-order valence-corrected chi connectivity index (χ0v) is 11.7. The van der Waals surface area contributed by atoms with Crippen molar-refractivity contribution in [3.05, 3.63) is 24.0 Å². The molecule has 0 spiro atoms. The number of nitrogens with zero attached hydrogens (tertiary/aromatic N) is 2. The highest BCUT2D eigenvalue weighted by atomic mass is 15.2. The molecule has 1 aliphatic heterocycles. The lowest BCUT2D eigenvalue weighted by Crippen LogP contribution is -2.20. The molecule has 0 aromatic carbocycles. The summed E-state index contributed by atoms with van der Waals surface area (Å²) in [5.74, 6) is 0.875. The van der Waals surface area contributed by atoms with Crippen molar-refractivity contribution in [2.24, 2.45) is 5.92 Å². The first-order chi connectivity index (χ1) is 8.83. The molecule has 0 aliphatic carbocycles. The van der Waals surface area contributed by atoms with Gasteiger partial charge in [-0.1, -0.05) is 20.3 Å². The Bertz CT molecular complexity index is 365. The van der Waals surface area contributed by atoms with Crippen LogP contribution in [-0.2, 0) is 6.54 Å². The molecule has 0 bridgehead atoms. The van der Waals surface area contributed by atoms with E-state index in [-0.39, 0.29) is 0 Å². The van der Waals surface area contributed by atoms with E-state index >= 15 is 0 Å². The van der Waals surface area contributed by atoms with Gasteiger partial charge in [-0.2, -0.15) is 0 Å². The second-order valence-corrected chi connectivity index (χ2v) is 5.19. The van der Waals surface area contributed by atoms with E-state index in [9.17, 15) is 0 Å². The second-order valence-electron chi connectivity index (χ2n) is 5.19. The summed E-state index contributed by atoms with van der Waals surface area (Å²) in [6.45, 7) is 8.83. The van der Waals surface area contributed by atoms with Crippen LogP contribution in [0.15, 0.2) is 18.3 Å². The standard InChI is InChI=1S/C15H25N3/c1-3-7-16-11-14-10-15(5-8-17-14)18-9-6-13(4-2)12-18/h5,8,10,13,16H,3-4,6-7,9,11-12H2,1-2H3. The summed E-state index contributed by atoms with van der Waals surface area (Å²) in [5, 5.41) is 3.41. The third kappa shape index (κ3) is 3.45. The predicted octanol–water partition coefficient (Wildman–Crippen LogP) is 2.82. The zero-order valence-electron chi connectivity index (χ0n) is 11.7. The third-order valence-corrected chi connectivity index (χ3v) is 3.76. The minimum atomic E-state index is 0.875. The fraction of sp³-hybridized carbons (Fsp3) is 0.667. The summed E-state index contributed by atoms with van der Waals surface area (Å²) in [6.07, 6.45) is 5.75. The van der Waals surface area contributed by atoms with Crippen LogP contribution in [0, 0.1) is 5.92 Å². The van der Waals surface area contributed by atoms with E-state index in [0.29, 0.717) is 0 Å². The molecule has 1 atom stereocenters. The number of hydrogen-bond acceptors (Lipinski definition) is 3. The Kier molecular flexibility index (Phi) is 5.00. The van der Waals surface area contributed by atoms with Gasteiger partial charge in [0.2, 0.25) is 0 Å². The Balaban J connectivity index is 1.94. The monoisotopic (exact) mass is 247 g/mol. The summed E-state index contributed by atoms with van der Waals surface area (Å²) >= 11 is 0. The van der Waals surface area contributed by atoms with Gasteiger partial charge in [-0.3, -0.25) is 4.98 Å². The van der Waals surface area contributed by atoms with Crippen molar-refractivity contribution in [1.29, 1.82) is 0 Å². The van der Waals surface area contributed by atoms with E-state index in [1.807, 2.05) is 6.20 Å². The number of hydrogen-bond donors (Lipinski definition) is 1. The summed E-state index contributed by atoms with van der Waals surface area (Å²) < 4.78 is 0. The van der Waals surface area contributed by atoms with Crippen LogP contribution in [0.2, 0.25) is 0 Å². The van der Waals surface area contributed by atoms with Crippen LogP contribution >= 0.6 is 0 Å². The largest absolute Gasteiger partial charge is 0.371 e. The van der Waals surface area contributed by atoms with E-state index in [1.54, 1.807) is 0 Å². The minimum Gasteiger partial charge on any atom is -0.371 e. The molecule has 3 nitrogen and oxygen atoms in total. The Morgan fingerprint density at radius 2 is 2.33 bits per heavy atom. The van der Waals surface area contributed by atoms with Gasteiger partial charge in [0.25, 0.3) is 0 Å². The fourth-order valence-corrected chi connectivity index (χ4v) is 2.55. The molecule has 1 aliphatic rings. The van der Waals surface area contributed by atoms with Crippen LogP contribution in [0.1, 0.15) is 38.8 Å². The highest BCUT2D eigenvalue weighted by molar-refractivity contribution is 5.47. The molecule has 1 aromatic heterocycles. The lowest BCUT2D eigenvalue weighted by molar-refractivity contribution is 0.569. The van der Waals surface area contributed by atoms with Crippen LogP contribution in [0.3, 0.4) is 0 Å². The highest BCUT2D eigenvalue weighted by Gasteiger charge is 2.21. The van der Waals surface area contributed by atoms with Gasteiger partial charge < -0.3 is 10.2 Å². The summed E-state index contributed by atoms with van der Waals surface area (Å²) in [7, 11) is 0. The molecular weight excluding hydrogens is 222 g/mol. The molecular formula is C15H25N3. The number of nitrogens with one attached hydrogen (secondary N) is 1. The van der Waals surface area contributed by atoms with Crippen molar-refractivity contribution in [2.45, 2.75) is 39.7 Å². The lowest BCUT2D eigenvalue weighted by atomic mass is 10.1. The van der Waals surface area contributed by atoms with Gasteiger partial charge in [-0.25, -0.2) is 0 Å². The summed E-state index contributed by atoms with van der Waals surface area (Å²) in [5.41, 5.74) is 2.50. The van der Waals surface area contributed by atoms with Crippen molar-refractivity contribution in [1.82, 2.24) is 10.3 Å². The molecule has 100 valence electrons. The first kappa shape index (κ1) is 13.3. The molecule has 1 saturated heterocycles. The van der Waals surface area contributed by atoms with Gasteiger partial charge in [-0.15, -0.1) is 0 Å². The van der Waals surface area contributed by atoms with E-state index in [0.717, 1.165) is 24.7 Å². The average Bonchev–Trinajstić information content (AvgIpc) is 2.88. The predicted molar refractivity (Wildman–Crippen MR) is 76.8 cm³/mol. The maximum Gasteiger partial charge on any atom is 0.0562 e. The van der Waals surface area contributed by atoms with Crippen LogP contribution in [0.5, 0.6) is 0 Å². The fourth-order valence-electron chi connectivity index (χ4n) is 2.55. The van der Waals surface area contributed by atoms with Crippen LogP contribution in [0.25, 0.3) is 0 Å². The molecule has 1 unspecified atom stereocenters. The lowest BCUT2D eigenvalue weighted by Gasteiger charge is -2.19. The quantitative estimate of drug-likeness (QED) is 0.784. The molecule has 1 N–H and O–H groups in total. The van der Waals surface area contributed by atoms with Crippen molar-refractivity contribution in [3.63, 3.8) is 0 Å². The van der Waals surface area contributed by atoms with E-state index < -0.39 is 0 Å². The number of pyridine rings is 1. The number of rotatable bonds is 6. The van der Waals surface area contributed by atoms with Gasteiger partial charge in [-0.05, 0) is 37.4 Å². The molecule has 2 heterocycles. The van der Waals surface area contributed by atoms with Crippen molar-refractivity contribution < 1.29 is 0 Å².